The number of fused-ring (bicyclic) bond motifs is 9. The second-order valence-corrected chi connectivity index (χ2v) is 13.7. The lowest BCUT2D eigenvalue weighted by molar-refractivity contribution is 0.669. The summed E-state index contributed by atoms with van der Waals surface area (Å²) in [7, 11) is 0. The average molecular weight is 620 g/mol. The minimum Gasteiger partial charge on any atom is -0.456 e. The van der Waals surface area contributed by atoms with Crippen molar-refractivity contribution < 1.29 is 4.42 Å². The third-order valence-electron chi connectivity index (χ3n) is 9.69. The molecular weight excluding hydrogens is 591 g/mol. The summed E-state index contributed by atoms with van der Waals surface area (Å²) in [6.07, 6.45) is 0. The van der Waals surface area contributed by atoms with Crippen LogP contribution in [-0.2, 0) is 0 Å². The van der Waals surface area contributed by atoms with Gasteiger partial charge in [0.15, 0.2) is 0 Å². The molecule has 0 aliphatic rings. The number of nitrogens with zero attached hydrogens (tertiary/aromatic N) is 1. The van der Waals surface area contributed by atoms with Gasteiger partial charge in [-0.25, -0.2) is 0 Å². The van der Waals surface area contributed by atoms with Gasteiger partial charge in [0.2, 0.25) is 0 Å². The highest BCUT2D eigenvalue weighted by Gasteiger charge is 2.20. The third kappa shape index (κ3) is 3.90. The molecule has 0 amide bonds. The van der Waals surface area contributed by atoms with Gasteiger partial charge < -0.3 is 8.98 Å². The molecule has 0 fully saturated rings. The summed E-state index contributed by atoms with van der Waals surface area (Å²) >= 11 is 1.90. The van der Waals surface area contributed by atoms with Gasteiger partial charge in [-0.1, -0.05) is 96.1 Å². The van der Waals surface area contributed by atoms with E-state index >= 15 is 0 Å². The zero-order valence-corrected chi connectivity index (χ0v) is 26.9. The van der Waals surface area contributed by atoms with Crippen molar-refractivity contribution in [3.05, 3.63) is 151 Å². The number of aryl methyl sites for hydroxylation is 2. The first-order chi connectivity index (χ1) is 23.1. The van der Waals surface area contributed by atoms with Crippen LogP contribution in [0.1, 0.15) is 11.1 Å². The quantitative estimate of drug-likeness (QED) is 0.192. The van der Waals surface area contributed by atoms with Crippen molar-refractivity contribution in [1.82, 2.24) is 4.57 Å². The van der Waals surface area contributed by atoms with Gasteiger partial charge in [0, 0.05) is 42.6 Å². The highest BCUT2D eigenvalue weighted by atomic mass is 32.1. The summed E-state index contributed by atoms with van der Waals surface area (Å²) in [5, 5.41) is 7.47. The van der Waals surface area contributed by atoms with E-state index in [0.717, 1.165) is 21.9 Å². The van der Waals surface area contributed by atoms with Gasteiger partial charge in [-0.05, 0) is 85.1 Å². The van der Waals surface area contributed by atoms with Crippen LogP contribution in [0.15, 0.2) is 144 Å². The molecule has 2 nitrogen and oxygen atoms in total. The number of benzene rings is 7. The van der Waals surface area contributed by atoms with Crippen LogP contribution in [0.5, 0.6) is 0 Å². The number of hydrogen-bond acceptors (Lipinski definition) is 2. The molecule has 10 rings (SSSR count). The van der Waals surface area contributed by atoms with E-state index in [-0.39, 0.29) is 0 Å². The molecule has 3 heteroatoms. The smallest absolute Gasteiger partial charge is 0.136 e. The Morgan fingerprint density at radius 2 is 1.15 bits per heavy atom. The van der Waals surface area contributed by atoms with Crippen LogP contribution < -0.4 is 0 Å². The maximum atomic E-state index is 6.31. The molecule has 0 saturated carbocycles. The van der Waals surface area contributed by atoms with Gasteiger partial charge >= 0.3 is 0 Å². The van der Waals surface area contributed by atoms with Crippen molar-refractivity contribution in [2.45, 2.75) is 13.8 Å². The molecule has 0 radical (unpaired) electrons. The highest BCUT2D eigenvalue weighted by Crippen LogP contribution is 2.47. The molecule has 0 aliphatic heterocycles. The number of hydrogen-bond donors (Lipinski definition) is 0. The predicted octanol–water partition coefficient (Wildman–Crippen LogP) is 13.0. The van der Waals surface area contributed by atoms with Gasteiger partial charge in [-0.3, -0.25) is 0 Å². The molecule has 3 heterocycles. The minimum atomic E-state index is 0.916. The van der Waals surface area contributed by atoms with E-state index in [4.69, 9.17) is 4.42 Å². The van der Waals surface area contributed by atoms with Crippen LogP contribution in [0.25, 0.3) is 91.9 Å². The molecule has 0 bridgehead atoms. The zero-order chi connectivity index (χ0) is 31.2. The predicted molar refractivity (Wildman–Crippen MR) is 201 cm³/mol. The molecule has 0 spiro atoms. The lowest BCUT2D eigenvalue weighted by Gasteiger charge is -2.10. The van der Waals surface area contributed by atoms with Crippen LogP contribution >= 0.6 is 11.3 Å². The highest BCUT2D eigenvalue weighted by molar-refractivity contribution is 7.26. The van der Waals surface area contributed by atoms with Crippen molar-refractivity contribution in [3.8, 4) is 27.9 Å². The average Bonchev–Trinajstić information content (AvgIpc) is 3.77. The normalized spacial score (nSPS) is 12.0. The van der Waals surface area contributed by atoms with Crippen LogP contribution in [0, 0.1) is 13.8 Å². The van der Waals surface area contributed by atoms with E-state index in [1.165, 1.54) is 81.0 Å². The summed E-state index contributed by atoms with van der Waals surface area (Å²) in [6, 6.07) is 50.9. The van der Waals surface area contributed by atoms with E-state index in [1.54, 1.807) is 0 Å². The molecule has 0 atom stereocenters. The summed E-state index contributed by atoms with van der Waals surface area (Å²) in [5.41, 5.74) is 12.9. The Bertz CT molecular complexity index is 2810. The van der Waals surface area contributed by atoms with Gasteiger partial charge in [0.25, 0.3) is 0 Å². The van der Waals surface area contributed by atoms with Crippen molar-refractivity contribution in [3.63, 3.8) is 0 Å². The Morgan fingerprint density at radius 3 is 1.94 bits per heavy atom. The lowest BCUT2D eigenvalue weighted by Crippen LogP contribution is -1.94. The van der Waals surface area contributed by atoms with Crippen molar-refractivity contribution in [1.29, 1.82) is 0 Å². The van der Waals surface area contributed by atoms with Gasteiger partial charge in [0.1, 0.15) is 11.2 Å². The zero-order valence-electron chi connectivity index (χ0n) is 26.0. The first-order valence-electron chi connectivity index (χ1n) is 16.1. The molecule has 0 aliphatic carbocycles. The van der Waals surface area contributed by atoms with Gasteiger partial charge in [-0.2, -0.15) is 0 Å². The molecule has 7 aromatic carbocycles. The summed E-state index contributed by atoms with van der Waals surface area (Å²) in [6.45, 7) is 4.36. The Hall–Kier alpha value is -5.64. The standard InChI is InChI=1S/C44H29NOS/c1-26-18-20-37-34(22-26)35-23-27(2)19-21-38(35)45(37)39-15-8-14-31-36-25-29(24-33(43(36)47-44(31)39)28-10-4-3-5-11-28)30-13-9-17-41-42(30)32-12-6-7-16-40(32)46-41/h3-25H,1-2H3. The van der Waals surface area contributed by atoms with E-state index in [9.17, 15) is 0 Å². The lowest BCUT2D eigenvalue weighted by atomic mass is 9.93. The van der Waals surface area contributed by atoms with Crippen LogP contribution in [0.3, 0.4) is 0 Å². The fourth-order valence-electron chi connectivity index (χ4n) is 7.57. The number of furan rings is 1. The Kier molecular flexibility index (Phi) is 5.61. The second kappa shape index (κ2) is 9.93. The number of aromatic nitrogens is 1. The summed E-state index contributed by atoms with van der Waals surface area (Å²) in [5.74, 6) is 0. The Morgan fingerprint density at radius 1 is 0.468 bits per heavy atom. The Balaban J connectivity index is 1.32. The Labute approximate surface area is 275 Å². The van der Waals surface area contributed by atoms with E-state index in [0.29, 0.717) is 0 Å². The van der Waals surface area contributed by atoms with E-state index in [2.05, 4.69) is 152 Å². The van der Waals surface area contributed by atoms with Gasteiger partial charge in [-0.15, -0.1) is 11.3 Å². The molecule has 222 valence electrons. The molecule has 3 aromatic heterocycles. The van der Waals surface area contributed by atoms with Gasteiger partial charge in [0.05, 0.1) is 21.4 Å². The molecule has 0 unspecified atom stereocenters. The van der Waals surface area contributed by atoms with E-state index in [1.807, 2.05) is 17.4 Å². The van der Waals surface area contributed by atoms with Crippen LogP contribution in [-0.4, -0.2) is 4.57 Å². The SMILES string of the molecule is Cc1ccc2c(c1)c1cc(C)ccc1n2-c1cccc2c1sc1c(-c3ccccc3)cc(-c3cccc4oc5ccccc5c34)cc12. The fourth-order valence-corrected chi connectivity index (χ4v) is 8.90. The first-order valence-corrected chi connectivity index (χ1v) is 16.9. The monoisotopic (exact) mass is 619 g/mol. The maximum absolute atomic E-state index is 6.31. The molecule has 47 heavy (non-hydrogen) atoms. The minimum absolute atomic E-state index is 0.916. The molecule has 0 saturated heterocycles. The summed E-state index contributed by atoms with van der Waals surface area (Å²) in [4.78, 5) is 0. The summed E-state index contributed by atoms with van der Waals surface area (Å²) < 4.78 is 11.4. The van der Waals surface area contributed by atoms with Crippen molar-refractivity contribution >= 4 is 75.3 Å². The first kappa shape index (κ1) is 26.6. The number of thiophene rings is 1. The second-order valence-electron chi connectivity index (χ2n) is 12.7. The maximum Gasteiger partial charge on any atom is 0.136 e. The van der Waals surface area contributed by atoms with Crippen LogP contribution in [0.2, 0.25) is 0 Å². The van der Waals surface area contributed by atoms with Crippen molar-refractivity contribution in [2.75, 3.05) is 0 Å². The number of rotatable bonds is 3. The number of para-hydroxylation sites is 1. The molecule has 0 N–H and O–H groups in total. The fraction of sp³-hybridized carbons (Fsp3) is 0.0455. The largest absolute Gasteiger partial charge is 0.456 e. The van der Waals surface area contributed by atoms with E-state index < -0.39 is 0 Å². The third-order valence-corrected chi connectivity index (χ3v) is 11.0. The van der Waals surface area contributed by atoms with Crippen molar-refractivity contribution in [2.24, 2.45) is 0 Å². The topological polar surface area (TPSA) is 18.1 Å². The molecular formula is C44H29NOS. The van der Waals surface area contributed by atoms with Crippen LogP contribution in [0.4, 0.5) is 0 Å². The molecule has 10 aromatic rings.